The molecule has 2 unspecified atom stereocenters. The predicted molar refractivity (Wildman–Crippen MR) is 74.7 cm³/mol. The summed E-state index contributed by atoms with van der Waals surface area (Å²) in [5.41, 5.74) is 0. The first-order chi connectivity index (χ1) is 9.00. The van der Waals surface area contributed by atoms with Crippen LogP contribution in [0.5, 0.6) is 0 Å². The van der Waals surface area contributed by atoms with E-state index in [4.69, 9.17) is 11.6 Å². The third-order valence-electron chi connectivity index (χ3n) is 4.16. The number of carbonyl (C=O) groups excluding carboxylic acids is 2. The largest absolute Gasteiger partial charge is 0.342 e. The fourth-order valence-corrected chi connectivity index (χ4v) is 3.16. The molecule has 5 heteroatoms. The number of rotatable bonds is 3. The molecule has 2 atom stereocenters. The molecule has 1 saturated carbocycles. The zero-order chi connectivity index (χ0) is 14.0. The molecular formula is C14H21ClN2O2. The zero-order valence-corrected chi connectivity index (χ0v) is 12.1. The van der Waals surface area contributed by atoms with Gasteiger partial charge in [-0.1, -0.05) is 37.4 Å². The van der Waals surface area contributed by atoms with Gasteiger partial charge in [0.15, 0.2) is 0 Å². The standard InChI is InChI=1S/C14H21ClN2O2/c1-9(15)8-17-10(2)13(18)16-12(14(17)19)11-6-4-3-5-7-11/h10-12H,1,3-8H2,2H3,(H,16,18). The van der Waals surface area contributed by atoms with E-state index in [-0.39, 0.29) is 30.3 Å². The van der Waals surface area contributed by atoms with Gasteiger partial charge < -0.3 is 10.2 Å². The molecule has 0 aromatic carbocycles. The van der Waals surface area contributed by atoms with Gasteiger partial charge in [0.2, 0.25) is 11.8 Å². The van der Waals surface area contributed by atoms with Crippen molar-refractivity contribution in [3.63, 3.8) is 0 Å². The smallest absolute Gasteiger partial charge is 0.246 e. The van der Waals surface area contributed by atoms with Gasteiger partial charge in [0, 0.05) is 5.03 Å². The second-order valence-corrected chi connectivity index (χ2v) is 6.08. The van der Waals surface area contributed by atoms with Crippen molar-refractivity contribution in [3.8, 4) is 0 Å². The van der Waals surface area contributed by atoms with Gasteiger partial charge in [-0.05, 0) is 25.7 Å². The first-order valence-corrected chi connectivity index (χ1v) is 7.32. The molecule has 19 heavy (non-hydrogen) atoms. The molecular weight excluding hydrogens is 264 g/mol. The third kappa shape index (κ3) is 3.11. The third-order valence-corrected chi connectivity index (χ3v) is 4.28. The second kappa shape index (κ2) is 5.95. The van der Waals surface area contributed by atoms with Gasteiger partial charge in [-0.3, -0.25) is 9.59 Å². The molecule has 1 saturated heterocycles. The van der Waals surface area contributed by atoms with Crippen LogP contribution in [-0.2, 0) is 9.59 Å². The van der Waals surface area contributed by atoms with Gasteiger partial charge in [0.05, 0.1) is 6.54 Å². The van der Waals surface area contributed by atoms with Gasteiger partial charge >= 0.3 is 0 Å². The number of halogens is 1. The summed E-state index contributed by atoms with van der Waals surface area (Å²) in [4.78, 5) is 26.1. The van der Waals surface area contributed by atoms with E-state index in [1.54, 1.807) is 11.8 Å². The lowest BCUT2D eigenvalue weighted by Gasteiger charge is -2.41. The Kier molecular flexibility index (Phi) is 4.50. The summed E-state index contributed by atoms with van der Waals surface area (Å²) >= 11 is 5.80. The van der Waals surface area contributed by atoms with E-state index in [1.165, 1.54) is 6.42 Å². The van der Waals surface area contributed by atoms with Crippen molar-refractivity contribution < 1.29 is 9.59 Å². The van der Waals surface area contributed by atoms with Crippen molar-refractivity contribution in [1.29, 1.82) is 0 Å². The van der Waals surface area contributed by atoms with E-state index in [2.05, 4.69) is 11.9 Å². The summed E-state index contributed by atoms with van der Waals surface area (Å²) in [5, 5.41) is 3.27. The quantitative estimate of drug-likeness (QED) is 0.862. The van der Waals surface area contributed by atoms with Crippen LogP contribution in [0.1, 0.15) is 39.0 Å². The molecule has 0 radical (unpaired) electrons. The molecule has 2 fully saturated rings. The van der Waals surface area contributed by atoms with E-state index in [1.807, 2.05) is 0 Å². The zero-order valence-electron chi connectivity index (χ0n) is 11.3. The molecule has 0 aromatic heterocycles. The van der Waals surface area contributed by atoms with Gasteiger partial charge in [-0.2, -0.15) is 0 Å². The first-order valence-electron chi connectivity index (χ1n) is 6.95. The Balaban J connectivity index is 2.13. The lowest BCUT2D eigenvalue weighted by atomic mass is 9.82. The Labute approximate surface area is 119 Å². The normalized spacial score (nSPS) is 29.3. The molecule has 4 nitrogen and oxygen atoms in total. The van der Waals surface area contributed by atoms with Crippen LogP contribution in [0.2, 0.25) is 0 Å². The molecule has 0 bridgehead atoms. The summed E-state index contributed by atoms with van der Waals surface area (Å²) in [5.74, 6) is 0.165. The monoisotopic (exact) mass is 284 g/mol. The Morgan fingerprint density at radius 3 is 2.58 bits per heavy atom. The average molecular weight is 285 g/mol. The number of amides is 2. The van der Waals surface area contributed by atoms with Crippen LogP contribution in [0, 0.1) is 5.92 Å². The van der Waals surface area contributed by atoms with Crippen molar-refractivity contribution in [2.75, 3.05) is 6.54 Å². The number of hydrogen-bond donors (Lipinski definition) is 1. The number of nitrogens with one attached hydrogen (secondary N) is 1. The van der Waals surface area contributed by atoms with Crippen LogP contribution in [0.25, 0.3) is 0 Å². The summed E-state index contributed by atoms with van der Waals surface area (Å²) in [7, 11) is 0. The lowest BCUT2D eigenvalue weighted by molar-refractivity contribution is -0.150. The highest BCUT2D eigenvalue weighted by atomic mass is 35.5. The van der Waals surface area contributed by atoms with Crippen molar-refractivity contribution in [1.82, 2.24) is 10.2 Å². The molecule has 1 aliphatic carbocycles. The molecule has 1 N–H and O–H groups in total. The highest BCUT2D eigenvalue weighted by Gasteiger charge is 2.41. The second-order valence-electron chi connectivity index (χ2n) is 5.54. The Hall–Kier alpha value is -1.03. The average Bonchev–Trinajstić information content (AvgIpc) is 2.39. The van der Waals surface area contributed by atoms with Crippen molar-refractivity contribution in [2.24, 2.45) is 5.92 Å². The Morgan fingerprint density at radius 2 is 2.00 bits per heavy atom. The molecule has 1 aliphatic heterocycles. The van der Waals surface area contributed by atoms with E-state index in [9.17, 15) is 9.59 Å². The molecule has 1 heterocycles. The van der Waals surface area contributed by atoms with E-state index in [0.717, 1.165) is 25.7 Å². The van der Waals surface area contributed by atoms with E-state index in [0.29, 0.717) is 5.03 Å². The summed E-state index contributed by atoms with van der Waals surface area (Å²) in [6, 6.07) is -0.845. The van der Waals surface area contributed by atoms with Crippen molar-refractivity contribution in [2.45, 2.75) is 51.1 Å². The highest BCUT2D eigenvalue weighted by molar-refractivity contribution is 6.29. The van der Waals surface area contributed by atoms with Gasteiger partial charge in [0.25, 0.3) is 0 Å². The van der Waals surface area contributed by atoms with Crippen LogP contribution in [0.4, 0.5) is 0 Å². The Bertz CT molecular complexity index is 391. The SMILES string of the molecule is C=C(Cl)CN1C(=O)C(C2CCCCC2)NC(=O)C1C. The van der Waals surface area contributed by atoms with Crippen LogP contribution in [0.15, 0.2) is 11.6 Å². The number of nitrogens with zero attached hydrogens (tertiary/aromatic N) is 1. The number of piperazine rings is 1. The topological polar surface area (TPSA) is 49.4 Å². The maximum atomic E-state index is 12.5. The number of carbonyl (C=O) groups is 2. The highest BCUT2D eigenvalue weighted by Crippen LogP contribution is 2.29. The Morgan fingerprint density at radius 1 is 1.37 bits per heavy atom. The molecule has 2 rings (SSSR count). The van der Waals surface area contributed by atoms with Crippen LogP contribution < -0.4 is 5.32 Å². The maximum absolute atomic E-state index is 12.5. The van der Waals surface area contributed by atoms with Gasteiger partial charge in [-0.25, -0.2) is 0 Å². The van der Waals surface area contributed by atoms with Gasteiger partial charge in [-0.15, -0.1) is 0 Å². The molecule has 0 spiro atoms. The predicted octanol–water partition coefficient (Wildman–Crippen LogP) is 2.03. The fourth-order valence-electron chi connectivity index (χ4n) is 3.03. The maximum Gasteiger partial charge on any atom is 0.246 e. The first kappa shape index (κ1) is 14.4. The minimum atomic E-state index is -0.470. The molecule has 106 valence electrons. The van der Waals surface area contributed by atoms with E-state index >= 15 is 0 Å². The van der Waals surface area contributed by atoms with Crippen molar-refractivity contribution >= 4 is 23.4 Å². The van der Waals surface area contributed by atoms with Crippen LogP contribution >= 0.6 is 11.6 Å². The summed E-state index contributed by atoms with van der Waals surface area (Å²) in [6.07, 6.45) is 5.54. The fraction of sp³-hybridized carbons (Fsp3) is 0.714. The van der Waals surface area contributed by atoms with Crippen LogP contribution in [0.3, 0.4) is 0 Å². The molecule has 0 aromatic rings. The number of hydrogen-bond acceptors (Lipinski definition) is 2. The van der Waals surface area contributed by atoms with E-state index < -0.39 is 6.04 Å². The minimum absolute atomic E-state index is 0.0131. The minimum Gasteiger partial charge on any atom is -0.342 e. The van der Waals surface area contributed by atoms with Gasteiger partial charge in [0.1, 0.15) is 12.1 Å². The summed E-state index contributed by atoms with van der Waals surface area (Å²) < 4.78 is 0. The lowest BCUT2D eigenvalue weighted by Crippen LogP contribution is -2.64. The molecule has 2 aliphatic rings. The molecule has 2 amide bonds. The van der Waals surface area contributed by atoms with Crippen LogP contribution in [-0.4, -0.2) is 35.3 Å². The van der Waals surface area contributed by atoms with Crippen molar-refractivity contribution in [3.05, 3.63) is 11.6 Å². The summed E-state index contributed by atoms with van der Waals surface area (Å²) in [6.45, 7) is 5.60.